The van der Waals surface area contributed by atoms with Gasteiger partial charge in [-0.2, -0.15) is 0 Å². The van der Waals surface area contributed by atoms with Gasteiger partial charge in [0.1, 0.15) is 23.9 Å². The minimum Gasteiger partial charge on any atom is -0.496 e. The van der Waals surface area contributed by atoms with Gasteiger partial charge in [0.05, 0.1) is 26.2 Å². The second kappa shape index (κ2) is 14.6. The number of esters is 3. The minimum absolute atomic E-state index is 0.0238. The number of nitrogens with zero attached hydrogens (tertiary/aromatic N) is 3. The highest BCUT2D eigenvalue weighted by molar-refractivity contribution is 5.94. The second-order valence-corrected chi connectivity index (χ2v) is 19.5. The van der Waals surface area contributed by atoms with Gasteiger partial charge in [-0.25, -0.2) is 8.78 Å². The molecule has 5 aliphatic heterocycles. The molecule has 0 amide bonds. The van der Waals surface area contributed by atoms with Crippen LogP contribution in [0.5, 0.6) is 5.75 Å². The summed E-state index contributed by atoms with van der Waals surface area (Å²) in [6.07, 6.45) is 7.90. The Kier molecular flexibility index (Phi) is 9.78. The Bertz CT molecular complexity index is 2460. The van der Waals surface area contributed by atoms with E-state index in [-0.39, 0.29) is 36.5 Å². The number of rotatable bonds is 9. The second-order valence-electron chi connectivity index (χ2n) is 19.5. The van der Waals surface area contributed by atoms with Crippen LogP contribution >= 0.6 is 0 Å². The van der Waals surface area contributed by atoms with Crippen LogP contribution in [0.2, 0.25) is 0 Å². The fourth-order valence-electron chi connectivity index (χ4n) is 13.6. The van der Waals surface area contributed by atoms with Crippen molar-refractivity contribution in [2.75, 3.05) is 65.5 Å². The predicted octanol–water partition coefficient (Wildman–Crippen LogP) is 5.82. The molecule has 2 aromatic carbocycles. The normalized spacial score (nSPS) is 34.4. The molecule has 1 spiro atoms. The number of carbonyl (C=O) groups excluding carboxylic acids is 3. The Hall–Kier alpha value is -4.79. The number of alkyl halides is 2. The zero-order valence-electron chi connectivity index (χ0n) is 37.0. The summed E-state index contributed by atoms with van der Waals surface area (Å²) in [7, 11) is 4.84. The summed E-state index contributed by atoms with van der Waals surface area (Å²) in [5.74, 6) is -4.86. The first kappa shape index (κ1) is 42.2. The maximum absolute atomic E-state index is 15.4. The van der Waals surface area contributed by atoms with Gasteiger partial charge in [-0.15, -0.1) is 0 Å². The Morgan fingerprint density at radius 2 is 1.84 bits per heavy atom. The Labute approximate surface area is 366 Å². The van der Waals surface area contributed by atoms with Crippen LogP contribution in [0.1, 0.15) is 75.3 Å². The number of hydrogen-bond donors (Lipinski definition) is 2. The molecular formula is C49H58F2N4O8. The Morgan fingerprint density at radius 3 is 2.54 bits per heavy atom. The summed E-state index contributed by atoms with van der Waals surface area (Å²) in [6.45, 7) is 6.34. The Morgan fingerprint density at radius 1 is 1.06 bits per heavy atom. The highest BCUT2D eigenvalue weighted by atomic mass is 19.3. The molecule has 3 aromatic rings. The lowest BCUT2D eigenvalue weighted by Crippen LogP contribution is -2.80. The molecule has 14 heteroatoms. The number of aromatic amines is 1. The summed E-state index contributed by atoms with van der Waals surface area (Å²) in [5.41, 5.74) is -0.684. The molecule has 9 atom stereocenters. The third kappa shape index (κ3) is 5.95. The number of ether oxygens (including phenoxy) is 4. The number of fused-ring (bicyclic) bond motifs is 6. The summed E-state index contributed by atoms with van der Waals surface area (Å²) in [6, 6.07) is 10.9. The van der Waals surface area contributed by atoms with Crippen LogP contribution < -0.4 is 9.64 Å². The molecule has 10 rings (SSSR count). The number of para-hydroxylation sites is 1. The van der Waals surface area contributed by atoms with Crippen molar-refractivity contribution in [3.63, 3.8) is 0 Å². The third-order valence-electron chi connectivity index (χ3n) is 16.1. The van der Waals surface area contributed by atoms with Crippen molar-refractivity contribution < 1.29 is 47.2 Å². The van der Waals surface area contributed by atoms with Crippen LogP contribution in [0.3, 0.4) is 0 Å². The van der Waals surface area contributed by atoms with E-state index in [1.54, 1.807) is 13.2 Å². The predicted molar refractivity (Wildman–Crippen MR) is 231 cm³/mol. The standard InChI is InChI=1S/C49H58F2N4O8/c1-7-46-16-10-18-55-20-17-47(41(46)55)34-22-35(38(60-5)23-37(34)53(4)42(47)49(59,43(46)63-28(2)56)27-62-40(57)30-13-14-30)48(44(58)61-6)24-29-21-31(45(3,50)51)26-54(25-29)19-15-33-32-11-8-9-12-36(32)52-39(33)48/h8-12,16,21-23,29-30,41-43,52,59H,7,13-15,17-20,24-27H2,1-6H3/t29-,41-,42+,43+,46+,47+,48-,49?/m0/s1. The van der Waals surface area contributed by atoms with E-state index in [4.69, 9.17) is 18.9 Å². The molecule has 2 unspecified atom stereocenters. The summed E-state index contributed by atoms with van der Waals surface area (Å²) in [4.78, 5) is 52.1. The maximum Gasteiger partial charge on any atom is 0.322 e. The number of H-pyrrole nitrogens is 1. The van der Waals surface area contributed by atoms with Crippen molar-refractivity contribution in [3.05, 3.63) is 82.6 Å². The number of benzene rings is 2. The van der Waals surface area contributed by atoms with E-state index in [9.17, 15) is 14.7 Å². The molecule has 1 aromatic heterocycles. The van der Waals surface area contributed by atoms with Crippen molar-refractivity contribution in [2.45, 2.75) is 99.8 Å². The molecule has 7 aliphatic rings. The zero-order chi connectivity index (χ0) is 44.4. The molecule has 6 heterocycles. The number of aromatic nitrogens is 1. The summed E-state index contributed by atoms with van der Waals surface area (Å²) < 4.78 is 55.3. The van der Waals surface area contributed by atoms with Gasteiger partial charge >= 0.3 is 17.9 Å². The molecule has 336 valence electrons. The van der Waals surface area contributed by atoms with Crippen LogP contribution in [-0.4, -0.2) is 128 Å². The van der Waals surface area contributed by atoms with E-state index in [1.807, 2.05) is 49.2 Å². The lowest BCUT2D eigenvalue weighted by atomic mass is 9.47. The van der Waals surface area contributed by atoms with Crippen LogP contribution in [0.15, 0.2) is 60.2 Å². The van der Waals surface area contributed by atoms with E-state index >= 15 is 13.6 Å². The van der Waals surface area contributed by atoms with Gasteiger partial charge < -0.3 is 33.9 Å². The molecule has 0 radical (unpaired) electrons. The molecule has 3 fully saturated rings. The molecule has 2 N–H and O–H groups in total. The van der Waals surface area contributed by atoms with Gasteiger partial charge in [0.15, 0.2) is 5.60 Å². The number of carbonyl (C=O) groups is 3. The van der Waals surface area contributed by atoms with Crippen molar-refractivity contribution in [2.24, 2.45) is 17.3 Å². The first-order valence-corrected chi connectivity index (χ1v) is 22.5. The fourth-order valence-corrected chi connectivity index (χ4v) is 13.6. The van der Waals surface area contributed by atoms with Crippen molar-refractivity contribution >= 4 is 34.5 Å². The average Bonchev–Trinajstić information content (AvgIpc) is 3.88. The smallest absolute Gasteiger partial charge is 0.322 e. The van der Waals surface area contributed by atoms with E-state index in [2.05, 4.69) is 33.0 Å². The summed E-state index contributed by atoms with van der Waals surface area (Å²) >= 11 is 0. The van der Waals surface area contributed by atoms with E-state index in [0.29, 0.717) is 62.4 Å². The number of nitrogens with one attached hydrogen (secondary N) is 1. The largest absolute Gasteiger partial charge is 0.496 e. The first-order valence-electron chi connectivity index (χ1n) is 22.5. The van der Waals surface area contributed by atoms with Crippen LogP contribution in [0, 0.1) is 17.3 Å². The van der Waals surface area contributed by atoms with Gasteiger partial charge in [0, 0.05) is 103 Å². The monoisotopic (exact) mass is 868 g/mol. The first-order chi connectivity index (χ1) is 30.1. The minimum atomic E-state index is -3.06. The van der Waals surface area contributed by atoms with E-state index < -0.39 is 64.4 Å². The van der Waals surface area contributed by atoms with Crippen molar-refractivity contribution in [1.82, 2.24) is 14.8 Å². The van der Waals surface area contributed by atoms with Gasteiger partial charge in [-0.3, -0.25) is 24.2 Å². The quantitative estimate of drug-likeness (QED) is 0.153. The number of hydrogen-bond acceptors (Lipinski definition) is 11. The fraction of sp³-hybridized carbons (Fsp3) is 0.571. The molecule has 2 bridgehead atoms. The number of aliphatic hydroxyl groups is 1. The molecule has 1 saturated heterocycles. The number of methoxy groups -OCH3 is 2. The topological polar surface area (TPSA) is 134 Å². The van der Waals surface area contributed by atoms with Crippen LogP contribution in [0.4, 0.5) is 14.5 Å². The van der Waals surface area contributed by atoms with Gasteiger partial charge in [0.25, 0.3) is 5.92 Å². The highest BCUT2D eigenvalue weighted by Crippen LogP contribution is 2.68. The molecule has 2 aliphatic carbocycles. The summed E-state index contributed by atoms with van der Waals surface area (Å²) in [5, 5.41) is 14.6. The third-order valence-corrected chi connectivity index (χ3v) is 16.1. The Balaban J connectivity index is 1.25. The highest BCUT2D eigenvalue weighted by Gasteiger charge is 2.78. The lowest BCUT2D eigenvalue weighted by Gasteiger charge is -2.64. The van der Waals surface area contributed by atoms with Gasteiger partial charge in [0.2, 0.25) is 0 Å². The number of anilines is 1. The molecule has 63 heavy (non-hydrogen) atoms. The van der Waals surface area contributed by atoms with Crippen molar-refractivity contribution in [1.29, 1.82) is 0 Å². The van der Waals surface area contributed by atoms with E-state index in [1.165, 1.54) is 14.0 Å². The zero-order valence-corrected chi connectivity index (χ0v) is 37.0. The lowest BCUT2D eigenvalue weighted by molar-refractivity contribution is -0.232. The SMILES string of the molecule is CC[C@]12C=CCN3CC[C@@]4(c5cc([C@@]6(C(=O)OC)C[C@@H]7C=C(C(C)(F)F)CN(CCc8c6[nH]c6ccccc86)C7)c(OC)cc5N(C)[C@H]4C(O)(COC(=O)C4CC4)[C@@H]1OC(C)=O)[C@@H]32. The van der Waals surface area contributed by atoms with Gasteiger partial charge in [-0.1, -0.05) is 43.4 Å². The molecule has 12 nitrogen and oxygen atoms in total. The van der Waals surface area contributed by atoms with E-state index in [0.717, 1.165) is 47.5 Å². The molecule has 2 saturated carbocycles. The number of halogens is 2. The van der Waals surface area contributed by atoms with Gasteiger partial charge in [-0.05, 0) is 74.2 Å². The maximum atomic E-state index is 15.4. The molecular weight excluding hydrogens is 811 g/mol. The van der Waals surface area contributed by atoms with Crippen LogP contribution in [0.25, 0.3) is 10.9 Å². The van der Waals surface area contributed by atoms with Crippen LogP contribution in [-0.2, 0) is 45.8 Å². The number of likely N-dealkylation sites (N-methyl/N-ethyl adjacent to an activating group) is 1. The van der Waals surface area contributed by atoms with Crippen molar-refractivity contribution in [3.8, 4) is 5.75 Å². The average molecular weight is 869 g/mol.